The highest BCUT2D eigenvalue weighted by Gasteiger charge is 2.14. The summed E-state index contributed by atoms with van der Waals surface area (Å²) in [5, 5.41) is 8.61. The van der Waals surface area contributed by atoms with Gasteiger partial charge in [-0.2, -0.15) is 0 Å². The molecule has 3 aromatic rings. The summed E-state index contributed by atoms with van der Waals surface area (Å²) in [7, 11) is 0. The first-order chi connectivity index (χ1) is 15.1. The monoisotopic (exact) mass is 433 g/mol. The minimum absolute atomic E-state index is 0.141. The molecule has 0 unspecified atom stereocenters. The van der Waals surface area contributed by atoms with E-state index in [1.807, 2.05) is 19.1 Å². The zero-order valence-corrected chi connectivity index (χ0v) is 17.9. The maximum Gasteiger partial charge on any atom is 0.261 e. The van der Waals surface area contributed by atoms with Gasteiger partial charge in [0, 0.05) is 16.9 Å². The molecule has 7 heteroatoms. The van der Waals surface area contributed by atoms with Crippen molar-refractivity contribution in [2.75, 3.05) is 17.2 Å². The second kappa shape index (κ2) is 10.9. The van der Waals surface area contributed by atoms with Crippen LogP contribution in [0.15, 0.2) is 78.9 Å². The van der Waals surface area contributed by atoms with Crippen LogP contribution in [0.5, 0.6) is 5.75 Å². The minimum atomic E-state index is -0.363. The lowest BCUT2D eigenvalue weighted by Gasteiger charge is -2.13. The van der Waals surface area contributed by atoms with Gasteiger partial charge in [-0.05, 0) is 61.1 Å². The Morgan fingerprint density at radius 2 is 1.52 bits per heavy atom. The molecule has 0 atom stereocenters. The van der Waals surface area contributed by atoms with Gasteiger partial charge in [0.1, 0.15) is 5.75 Å². The highest BCUT2D eigenvalue weighted by Crippen LogP contribution is 2.19. The van der Waals surface area contributed by atoms with E-state index in [2.05, 4.69) is 16.0 Å². The second-order valence-electron chi connectivity index (χ2n) is 6.65. The summed E-state index contributed by atoms with van der Waals surface area (Å²) < 4.78 is 5.63. The van der Waals surface area contributed by atoms with Crippen LogP contribution in [0.4, 0.5) is 11.4 Å². The van der Waals surface area contributed by atoms with Crippen LogP contribution >= 0.6 is 12.2 Å². The lowest BCUT2D eigenvalue weighted by Crippen LogP contribution is -2.34. The van der Waals surface area contributed by atoms with Crippen LogP contribution < -0.4 is 20.7 Å². The molecule has 0 aromatic heterocycles. The van der Waals surface area contributed by atoms with Gasteiger partial charge in [-0.15, -0.1) is 0 Å². The zero-order chi connectivity index (χ0) is 22.1. The van der Waals surface area contributed by atoms with E-state index in [0.717, 1.165) is 6.42 Å². The van der Waals surface area contributed by atoms with Crippen molar-refractivity contribution in [3.8, 4) is 5.75 Å². The van der Waals surface area contributed by atoms with Gasteiger partial charge in [0.15, 0.2) is 5.11 Å². The second-order valence-corrected chi connectivity index (χ2v) is 7.06. The van der Waals surface area contributed by atoms with E-state index in [1.54, 1.807) is 66.7 Å². The van der Waals surface area contributed by atoms with Crippen molar-refractivity contribution < 1.29 is 14.3 Å². The molecule has 0 fully saturated rings. The molecule has 3 rings (SSSR count). The number of ether oxygens (including phenoxy) is 1. The molecule has 0 aliphatic rings. The van der Waals surface area contributed by atoms with Crippen LogP contribution in [0, 0.1) is 0 Å². The summed E-state index contributed by atoms with van der Waals surface area (Å²) in [5.74, 6) is -0.0645. The molecule has 0 saturated heterocycles. The normalized spacial score (nSPS) is 10.1. The Bertz CT molecular complexity index is 1070. The summed E-state index contributed by atoms with van der Waals surface area (Å²) in [6.45, 7) is 2.52. The molecule has 3 N–H and O–H groups in total. The first-order valence-electron chi connectivity index (χ1n) is 9.87. The molecule has 3 aromatic carbocycles. The Kier molecular flexibility index (Phi) is 7.73. The zero-order valence-electron chi connectivity index (χ0n) is 17.1. The van der Waals surface area contributed by atoms with Gasteiger partial charge in [0.05, 0.1) is 12.2 Å². The number of carbonyl (C=O) groups excluding carboxylic acids is 2. The molecule has 0 spiro atoms. The molecule has 0 saturated carbocycles. The summed E-state index contributed by atoms with van der Waals surface area (Å²) >= 11 is 5.28. The number of hydrogen-bond donors (Lipinski definition) is 3. The Morgan fingerprint density at radius 3 is 2.26 bits per heavy atom. The fourth-order valence-electron chi connectivity index (χ4n) is 2.79. The Morgan fingerprint density at radius 1 is 0.839 bits per heavy atom. The quantitative estimate of drug-likeness (QED) is 0.464. The average Bonchev–Trinajstić information content (AvgIpc) is 2.78. The molecular weight excluding hydrogens is 410 g/mol. The number of anilines is 2. The van der Waals surface area contributed by atoms with Gasteiger partial charge >= 0.3 is 0 Å². The lowest BCUT2D eigenvalue weighted by molar-refractivity contribution is 0.0972. The first kappa shape index (κ1) is 22.0. The average molecular weight is 434 g/mol. The number of thiocarbonyl (C=S) groups is 1. The third-order valence-corrected chi connectivity index (χ3v) is 4.44. The standard InChI is InChI=1S/C24H23N3O3S/c1-2-15-30-21-14-7-6-13-20(21)23(29)27-24(31)26-19-12-8-11-18(16-19)25-22(28)17-9-4-3-5-10-17/h3-14,16H,2,15H2,1H3,(H,25,28)(H2,26,27,29,31). The van der Waals surface area contributed by atoms with Gasteiger partial charge in [-0.3, -0.25) is 14.9 Å². The summed E-state index contributed by atoms with van der Waals surface area (Å²) in [4.78, 5) is 25.0. The Hall–Kier alpha value is -3.71. The van der Waals surface area contributed by atoms with Gasteiger partial charge in [-0.1, -0.05) is 43.3 Å². The molecule has 0 bridgehead atoms. The van der Waals surface area contributed by atoms with Crippen molar-refractivity contribution in [2.45, 2.75) is 13.3 Å². The predicted octanol–water partition coefficient (Wildman–Crippen LogP) is 4.85. The van der Waals surface area contributed by atoms with Crippen LogP contribution in [0.1, 0.15) is 34.1 Å². The van der Waals surface area contributed by atoms with Crippen LogP contribution in [-0.4, -0.2) is 23.5 Å². The van der Waals surface area contributed by atoms with E-state index in [0.29, 0.717) is 34.9 Å². The molecular formula is C24H23N3O3S. The molecule has 0 heterocycles. The fraction of sp³-hybridized carbons (Fsp3) is 0.125. The minimum Gasteiger partial charge on any atom is -0.493 e. The number of nitrogens with one attached hydrogen (secondary N) is 3. The van der Waals surface area contributed by atoms with E-state index >= 15 is 0 Å². The molecule has 0 aliphatic carbocycles. The summed E-state index contributed by atoms with van der Waals surface area (Å²) in [5.41, 5.74) is 2.20. The van der Waals surface area contributed by atoms with E-state index in [1.165, 1.54) is 0 Å². The number of carbonyl (C=O) groups is 2. The molecule has 31 heavy (non-hydrogen) atoms. The third-order valence-electron chi connectivity index (χ3n) is 4.23. The van der Waals surface area contributed by atoms with Crippen molar-refractivity contribution >= 4 is 40.5 Å². The van der Waals surface area contributed by atoms with E-state index in [4.69, 9.17) is 17.0 Å². The smallest absolute Gasteiger partial charge is 0.261 e. The molecule has 158 valence electrons. The Labute approximate surface area is 186 Å². The Balaban J connectivity index is 1.62. The number of para-hydroxylation sites is 1. The van der Waals surface area contributed by atoms with E-state index < -0.39 is 0 Å². The number of hydrogen-bond acceptors (Lipinski definition) is 4. The highest BCUT2D eigenvalue weighted by atomic mass is 32.1. The fourth-order valence-corrected chi connectivity index (χ4v) is 3.00. The van der Waals surface area contributed by atoms with E-state index in [-0.39, 0.29) is 16.9 Å². The maximum absolute atomic E-state index is 12.6. The predicted molar refractivity (Wildman–Crippen MR) is 127 cm³/mol. The molecule has 2 amide bonds. The van der Waals surface area contributed by atoms with Crippen molar-refractivity contribution in [1.82, 2.24) is 5.32 Å². The van der Waals surface area contributed by atoms with Crippen LogP contribution in [0.25, 0.3) is 0 Å². The maximum atomic E-state index is 12.6. The summed E-state index contributed by atoms with van der Waals surface area (Å²) in [6, 6.07) is 23.0. The van der Waals surface area contributed by atoms with Crippen molar-refractivity contribution in [3.63, 3.8) is 0 Å². The lowest BCUT2D eigenvalue weighted by atomic mass is 10.2. The van der Waals surface area contributed by atoms with Gasteiger partial charge in [0.25, 0.3) is 11.8 Å². The van der Waals surface area contributed by atoms with Gasteiger partial charge in [0.2, 0.25) is 0 Å². The number of amides is 2. The highest BCUT2D eigenvalue weighted by molar-refractivity contribution is 7.80. The molecule has 0 radical (unpaired) electrons. The molecule has 0 aliphatic heterocycles. The largest absolute Gasteiger partial charge is 0.493 e. The first-order valence-corrected chi connectivity index (χ1v) is 10.3. The van der Waals surface area contributed by atoms with Gasteiger partial charge < -0.3 is 15.4 Å². The van der Waals surface area contributed by atoms with Crippen molar-refractivity contribution in [1.29, 1.82) is 0 Å². The number of benzene rings is 3. The van der Waals surface area contributed by atoms with Crippen LogP contribution in [0.3, 0.4) is 0 Å². The van der Waals surface area contributed by atoms with E-state index in [9.17, 15) is 9.59 Å². The number of rotatable bonds is 7. The van der Waals surface area contributed by atoms with Crippen LogP contribution in [0.2, 0.25) is 0 Å². The van der Waals surface area contributed by atoms with Crippen molar-refractivity contribution in [3.05, 3.63) is 90.0 Å². The molecule has 6 nitrogen and oxygen atoms in total. The SMILES string of the molecule is CCCOc1ccccc1C(=O)NC(=S)Nc1cccc(NC(=O)c2ccccc2)c1. The van der Waals surface area contributed by atoms with Crippen molar-refractivity contribution in [2.24, 2.45) is 0 Å². The third kappa shape index (κ3) is 6.38. The topological polar surface area (TPSA) is 79.5 Å². The van der Waals surface area contributed by atoms with Crippen LogP contribution in [-0.2, 0) is 0 Å². The van der Waals surface area contributed by atoms with Gasteiger partial charge in [-0.25, -0.2) is 0 Å². The summed E-state index contributed by atoms with van der Waals surface area (Å²) in [6.07, 6.45) is 0.840.